The van der Waals surface area contributed by atoms with E-state index in [1.807, 2.05) is 10.6 Å². The van der Waals surface area contributed by atoms with Gasteiger partial charge in [0.05, 0.1) is 23.6 Å². The molecule has 3 heterocycles. The molecule has 5 N–H and O–H groups in total. The van der Waals surface area contributed by atoms with E-state index >= 15 is 0 Å². The third kappa shape index (κ3) is 3.65. The van der Waals surface area contributed by atoms with Crippen LogP contribution in [0.5, 0.6) is 0 Å². The second kappa shape index (κ2) is 7.90. The van der Waals surface area contributed by atoms with Gasteiger partial charge in [-0.3, -0.25) is 4.79 Å². The van der Waals surface area contributed by atoms with Gasteiger partial charge in [-0.2, -0.15) is 0 Å². The van der Waals surface area contributed by atoms with Crippen molar-refractivity contribution in [1.29, 1.82) is 0 Å². The van der Waals surface area contributed by atoms with Crippen LogP contribution in [0.3, 0.4) is 0 Å². The smallest absolute Gasteiger partial charge is 0.242 e. The maximum absolute atomic E-state index is 12.8. The van der Waals surface area contributed by atoms with Crippen LogP contribution < -0.4 is 21.7 Å². The summed E-state index contributed by atoms with van der Waals surface area (Å²) >= 11 is 6.74. The van der Waals surface area contributed by atoms with Crippen molar-refractivity contribution < 1.29 is 4.79 Å². The molecule has 1 aromatic carbocycles. The van der Waals surface area contributed by atoms with Crippen LogP contribution >= 0.6 is 11.6 Å². The molecule has 5 rings (SSSR count). The number of nitrogens with one attached hydrogen (secondary N) is 1. The number of benzene rings is 1. The molecule has 1 aliphatic carbocycles. The highest BCUT2D eigenvalue weighted by molar-refractivity contribution is 6.33. The van der Waals surface area contributed by atoms with Gasteiger partial charge in [0.15, 0.2) is 11.5 Å². The predicted octanol–water partition coefficient (Wildman–Crippen LogP) is 1.86. The maximum Gasteiger partial charge on any atom is 0.242 e. The summed E-state index contributed by atoms with van der Waals surface area (Å²) in [7, 11) is 0. The lowest BCUT2D eigenvalue weighted by molar-refractivity contribution is -0.125. The van der Waals surface area contributed by atoms with Crippen LogP contribution in [0.15, 0.2) is 24.8 Å². The van der Waals surface area contributed by atoms with E-state index in [0.717, 1.165) is 30.5 Å². The number of nitrogen functional groups attached to an aromatic ring is 1. The molecule has 32 heavy (non-hydrogen) atoms. The zero-order valence-electron chi connectivity index (χ0n) is 18.0. The second-order valence-electron chi connectivity index (χ2n) is 8.77. The lowest BCUT2D eigenvalue weighted by Gasteiger charge is -2.28. The summed E-state index contributed by atoms with van der Waals surface area (Å²) in [6.45, 7) is 3.72. The van der Waals surface area contributed by atoms with E-state index < -0.39 is 5.54 Å². The molecule has 1 amide bonds. The molecule has 0 radical (unpaired) electrons. The number of nitrogens with zero attached hydrogens (tertiary/aromatic N) is 5. The number of halogens is 1. The lowest BCUT2D eigenvalue weighted by Crippen LogP contribution is -2.56. The van der Waals surface area contributed by atoms with Gasteiger partial charge in [0.25, 0.3) is 0 Å². The number of aromatic nitrogens is 4. The SMILES string of the molecule is CCc1ccc(Cl)c(N2CCC(N)(C(=O)NC3CC3)C2)c1Cn1cnc2c(N)ncnc21. The topological polar surface area (TPSA) is 128 Å². The van der Waals surface area contributed by atoms with Crippen molar-refractivity contribution in [3.05, 3.63) is 40.9 Å². The molecule has 1 unspecified atom stereocenters. The minimum Gasteiger partial charge on any atom is -0.382 e. The molecule has 2 aliphatic rings. The number of hydrogen-bond donors (Lipinski definition) is 3. The summed E-state index contributed by atoms with van der Waals surface area (Å²) in [5.74, 6) is 0.282. The standard InChI is InChI=1S/C22H27ClN8O/c1-2-13-3-6-16(23)18(30-8-7-22(25,10-30)21(32)29-14-4-5-14)15(13)9-31-12-28-17-19(24)26-11-27-20(17)31/h3,6,11-12,14H,2,4-5,7-10,25H2,1H3,(H,29,32)(H2,24,26,27). The Hall–Kier alpha value is -2.91. The van der Waals surface area contributed by atoms with Gasteiger partial charge in [0.1, 0.15) is 17.4 Å². The number of aryl methyl sites for hydroxylation is 1. The largest absolute Gasteiger partial charge is 0.382 e. The number of hydrogen-bond acceptors (Lipinski definition) is 7. The van der Waals surface area contributed by atoms with E-state index in [1.165, 1.54) is 11.9 Å². The van der Waals surface area contributed by atoms with Crippen molar-refractivity contribution in [2.75, 3.05) is 23.7 Å². The van der Waals surface area contributed by atoms with Gasteiger partial charge in [-0.05, 0) is 42.9 Å². The zero-order chi connectivity index (χ0) is 22.5. The third-order valence-electron chi connectivity index (χ3n) is 6.45. The molecule has 10 heteroatoms. The Morgan fingerprint density at radius 1 is 1.31 bits per heavy atom. The van der Waals surface area contributed by atoms with Gasteiger partial charge in [0.2, 0.25) is 5.91 Å². The average molecular weight is 455 g/mol. The molecular formula is C22H27ClN8O. The Balaban J connectivity index is 1.50. The monoisotopic (exact) mass is 454 g/mol. The number of carbonyl (C=O) groups excluding carboxylic acids is 1. The van der Waals surface area contributed by atoms with Crippen LogP contribution in [0.1, 0.15) is 37.3 Å². The number of fused-ring (bicyclic) bond motifs is 1. The van der Waals surface area contributed by atoms with Gasteiger partial charge in [-0.25, -0.2) is 15.0 Å². The molecule has 1 aliphatic heterocycles. The molecule has 1 atom stereocenters. The van der Waals surface area contributed by atoms with Gasteiger partial charge >= 0.3 is 0 Å². The highest BCUT2D eigenvalue weighted by Gasteiger charge is 2.43. The Morgan fingerprint density at radius 3 is 2.88 bits per heavy atom. The van der Waals surface area contributed by atoms with Crippen LogP contribution in [0, 0.1) is 0 Å². The van der Waals surface area contributed by atoms with Crippen molar-refractivity contribution in [2.45, 2.75) is 50.7 Å². The maximum atomic E-state index is 12.8. The first kappa shape index (κ1) is 21.0. The van der Waals surface area contributed by atoms with Crippen molar-refractivity contribution in [3.63, 3.8) is 0 Å². The van der Waals surface area contributed by atoms with Crippen molar-refractivity contribution in [3.8, 4) is 0 Å². The van der Waals surface area contributed by atoms with Gasteiger partial charge in [0, 0.05) is 19.1 Å². The lowest BCUT2D eigenvalue weighted by atomic mass is 9.98. The third-order valence-corrected chi connectivity index (χ3v) is 6.76. The number of amides is 1. The van der Waals surface area contributed by atoms with Crippen LogP contribution in [0.4, 0.5) is 11.5 Å². The molecule has 2 fully saturated rings. The summed E-state index contributed by atoms with van der Waals surface area (Å²) in [5.41, 5.74) is 16.0. The van der Waals surface area contributed by atoms with Crippen LogP contribution in [-0.2, 0) is 17.8 Å². The molecular weight excluding hydrogens is 428 g/mol. The van der Waals surface area contributed by atoms with E-state index in [0.29, 0.717) is 48.1 Å². The predicted molar refractivity (Wildman–Crippen MR) is 125 cm³/mol. The molecule has 0 bridgehead atoms. The second-order valence-corrected chi connectivity index (χ2v) is 9.17. The van der Waals surface area contributed by atoms with Crippen molar-refractivity contribution in [1.82, 2.24) is 24.8 Å². The number of carbonyl (C=O) groups is 1. The zero-order valence-corrected chi connectivity index (χ0v) is 18.8. The highest BCUT2D eigenvalue weighted by Crippen LogP contribution is 2.37. The van der Waals surface area contributed by atoms with E-state index in [1.54, 1.807) is 6.33 Å². The number of anilines is 2. The molecule has 2 aromatic heterocycles. The molecule has 1 saturated heterocycles. The van der Waals surface area contributed by atoms with Crippen LogP contribution in [0.25, 0.3) is 11.2 Å². The van der Waals surface area contributed by atoms with E-state index in [2.05, 4.69) is 38.2 Å². The van der Waals surface area contributed by atoms with Crippen molar-refractivity contribution in [2.24, 2.45) is 5.73 Å². The first-order valence-electron chi connectivity index (χ1n) is 11.0. The average Bonchev–Trinajstić information content (AvgIpc) is 3.35. The number of imidazole rings is 1. The van der Waals surface area contributed by atoms with Crippen LogP contribution in [-0.4, -0.2) is 50.1 Å². The molecule has 9 nitrogen and oxygen atoms in total. The fraction of sp³-hybridized carbons (Fsp3) is 0.455. The van der Waals surface area contributed by atoms with E-state index in [4.69, 9.17) is 23.1 Å². The Labute approximate surface area is 191 Å². The van der Waals surface area contributed by atoms with Crippen LogP contribution in [0.2, 0.25) is 5.02 Å². The number of rotatable bonds is 6. The normalized spacial score (nSPS) is 20.8. The summed E-state index contributed by atoms with van der Waals surface area (Å²) in [6, 6.07) is 4.25. The first-order chi connectivity index (χ1) is 15.4. The fourth-order valence-electron chi connectivity index (χ4n) is 4.45. The molecule has 0 spiro atoms. The summed E-state index contributed by atoms with van der Waals surface area (Å²) in [4.78, 5) is 27.7. The number of nitrogens with two attached hydrogens (primary N) is 2. The van der Waals surface area contributed by atoms with Gasteiger partial charge in [-0.15, -0.1) is 0 Å². The fourth-order valence-corrected chi connectivity index (χ4v) is 4.75. The highest BCUT2D eigenvalue weighted by atomic mass is 35.5. The minimum atomic E-state index is -0.922. The Kier molecular flexibility index (Phi) is 5.17. The molecule has 1 saturated carbocycles. The van der Waals surface area contributed by atoms with E-state index in [9.17, 15) is 4.79 Å². The quantitative estimate of drug-likeness (QED) is 0.518. The first-order valence-corrected chi connectivity index (χ1v) is 11.3. The summed E-state index contributed by atoms with van der Waals surface area (Å²) in [5, 5.41) is 3.70. The van der Waals surface area contributed by atoms with Gasteiger partial charge in [-0.1, -0.05) is 24.6 Å². The molecule has 3 aromatic rings. The summed E-state index contributed by atoms with van der Waals surface area (Å²) < 4.78 is 1.95. The van der Waals surface area contributed by atoms with E-state index in [-0.39, 0.29) is 11.9 Å². The van der Waals surface area contributed by atoms with Gasteiger partial charge < -0.3 is 26.3 Å². The summed E-state index contributed by atoms with van der Waals surface area (Å²) in [6.07, 6.45) is 6.65. The molecule has 168 valence electrons. The Bertz CT molecular complexity index is 1190. The van der Waals surface area contributed by atoms with Crippen molar-refractivity contribution >= 4 is 40.2 Å². The minimum absolute atomic E-state index is 0.0698. The Morgan fingerprint density at radius 2 is 2.12 bits per heavy atom.